The van der Waals surface area contributed by atoms with E-state index in [0.29, 0.717) is 23.7 Å². The van der Waals surface area contributed by atoms with Crippen molar-refractivity contribution in [3.8, 4) is 17.2 Å². The van der Waals surface area contributed by atoms with Crippen molar-refractivity contribution in [2.45, 2.75) is 189 Å². The lowest BCUT2D eigenvalue weighted by Crippen LogP contribution is -2.06. The molecule has 0 heterocycles. The molecule has 0 aromatic heterocycles. The molecule has 6 aromatic rings. The van der Waals surface area contributed by atoms with Crippen molar-refractivity contribution in [3.63, 3.8) is 0 Å². The molecule has 448 valence electrons. The average Bonchev–Trinajstić information content (AvgIpc) is 3.41. The van der Waals surface area contributed by atoms with Crippen LogP contribution in [0.2, 0.25) is 0 Å². The van der Waals surface area contributed by atoms with E-state index >= 15 is 0 Å². The van der Waals surface area contributed by atoms with Crippen molar-refractivity contribution in [3.05, 3.63) is 245 Å². The normalized spacial score (nSPS) is 9.89. The largest absolute Gasteiger partial charge is 0.491 e. The van der Waals surface area contributed by atoms with Gasteiger partial charge in [0, 0.05) is 5.56 Å². The molecular weight excluding hydrogens is 997 g/mol. The molecule has 0 unspecified atom stereocenters. The molecule has 0 aliphatic heterocycles. The number of aryl methyl sites for hydroxylation is 6. The van der Waals surface area contributed by atoms with E-state index in [9.17, 15) is 0 Å². The average molecular weight is 1110 g/mol. The highest BCUT2D eigenvalue weighted by Gasteiger charge is 2.07. The van der Waals surface area contributed by atoms with Gasteiger partial charge in [-0.3, -0.25) is 0 Å². The summed E-state index contributed by atoms with van der Waals surface area (Å²) in [6.07, 6.45) is 13.9. The molecule has 3 heteroatoms. The van der Waals surface area contributed by atoms with Crippen molar-refractivity contribution in [2.24, 2.45) is 5.92 Å². The Labute approximate surface area is 505 Å². The monoisotopic (exact) mass is 1110 g/mol. The summed E-state index contributed by atoms with van der Waals surface area (Å²) in [6, 6.07) is 37.7. The van der Waals surface area contributed by atoms with Gasteiger partial charge in [-0.25, -0.2) is 0 Å². The maximum Gasteiger partial charge on any atom is 0.127 e. The van der Waals surface area contributed by atoms with Crippen LogP contribution in [0.25, 0.3) is 36.5 Å². The van der Waals surface area contributed by atoms with Crippen LogP contribution in [0.15, 0.2) is 161 Å². The van der Waals surface area contributed by atoms with Gasteiger partial charge in [-0.1, -0.05) is 231 Å². The number of allylic oxidation sites excluding steroid dienone is 1. The Morgan fingerprint density at radius 1 is 0.329 bits per heavy atom. The third-order valence-electron chi connectivity index (χ3n) is 12.6. The van der Waals surface area contributed by atoms with Crippen molar-refractivity contribution < 1.29 is 14.2 Å². The van der Waals surface area contributed by atoms with E-state index in [4.69, 9.17) is 14.2 Å². The molecule has 6 rings (SSSR count). The molecule has 0 aliphatic carbocycles. The smallest absolute Gasteiger partial charge is 0.127 e. The van der Waals surface area contributed by atoms with Gasteiger partial charge in [0.25, 0.3) is 0 Å². The summed E-state index contributed by atoms with van der Waals surface area (Å²) in [5.74, 6) is 5.21. The van der Waals surface area contributed by atoms with E-state index in [-0.39, 0.29) is 33.2 Å². The molecule has 0 radical (unpaired) electrons. The number of ether oxygens (including phenoxy) is 3. The molecule has 0 aliphatic rings. The number of hydrogen-bond donors (Lipinski definition) is 0. The molecular formula is C79H114O3. The predicted molar refractivity (Wildman–Crippen MR) is 376 cm³/mol. The van der Waals surface area contributed by atoms with Crippen LogP contribution in [0.4, 0.5) is 0 Å². The second kappa shape index (κ2) is 42.7. The quantitative estimate of drug-likeness (QED) is 0.0904. The molecule has 0 bridgehead atoms. The van der Waals surface area contributed by atoms with Crippen molar-refractivity contribution in [1.82, 2.24) is 0 Å². The summed E-state index contributed by atoms with van der Waals surface area (Å²) in [4.78, 5) is 0. The van der Waals surface area contributed by atoms with E-state index in [1.54, 1.807) is 0 Å². The van der Waals surface area contributed by atoms with E-state index in [2.05, 4.69) is 210 Å². The number of rotatable bonds is 16. The first-order valence-electron chi connectivity index (χ1n) is 28.6. The van der Waals surface area contributed by atoms with Crippen LogP contribution in [0.5, 0.6) is 17.2 Å². The van der Waals surface area contributed by atoms with Gasteiger partial charge in [-0.2, -0.15) is 0 Å². The highest BCUT2D eigenvalue weighted by Crippen LogP contribution is 2.26. The summed E-state index contributed by atoms with van der Waals surface area (Å²) in [5.41, 5.74) is 18.9. The lowest BCUT2D eigenvalue weighted by atomic mass is 9.94. The minimum absolute atomic E-state index is 0. The van der Waals surface area contributed by atoms with E-state index in [1.807, 2.05) is 127 Å². The zero-order valence-electron chi connectivity index (χ0n) is 53.6. The highest BCUT2D eigenvalue weighted by molar-refractivity contribution is 5.60. The molecule has 0 saturated carbocycles. The molecule has 0 atom stereocenters. The van der Waals surface area contributed by atoms with E-state index in [1.165, 1.54) is 66.8 Å². The zero-order chi connectivity index (χ0) is 61.2. The minimum Gasteiger partial charge on any atom is -0.491 e. The van der Waals surface area contributed by atoms with Gasteiger partial charge in [0.05, 0.1) is 18.3 Å². The number of hydrogen-bond acceptors (Lipinski definition) is 3. The van der Waals surface area contributed by atoms with Crippen molar-refractivity contribution in [1.29, 1.82) is 0 Å². The first kappa shape index (κ1) is 79.1. The van der Waals surface area contributed by atoms with E-state index in [0.717, 1.165) is 33.9 Å². The summed E-state index contributed by atoms with van der Waals surface area (Å²) in [5, 5.41) is 0. The summed E-state index contributed by atoms with van der Waals surface area (Å²) >= 11 is 0. The van der Waals surface area contributed by atoms with Crippen molar-refractivity contribution >= 4 is 36.5 Å². The lowest BCUT2D eigenvalue weighted by molar-refractivity contribution is 0.241. The Morgan fingerprint density at radius 2 is 0.707 bits per heavy atom. The first-order valence-corrected chi connectivity index (χ1v) is 28.6. The van der Waals surface area contributed by atoms with Crippen LogP contribution in [-0.4, -0.2) is 18.3 Å². The molecule has 0 saturated heterocycles. The standard InChI is InChI=1S/3C12H16O.3C12H16.C5H10.2CH4/c1-5-11-6-7-12(8-10(11)4)13-9(2)3;1-5-11-8-12(13-9(2)3)7-6-10(11)4;1-5-11-10(4)7-6-8-12(11)13-9(2)3;1-5-11-6-7-12(9(2)3)8-10(11)4;1-5-11-8-12(9(2)3)7-6-10(11)4;1-5-11-10(4)7-6-8-12(11)9(2)3;1-4-5(2)3;;/h3*5-9H,1H2,2-4H3;3*5-9H,1H2,2-4H3;4-5H,1H2,2-3H3;2*1H4. The van der Waals surface area contributed by atoms with Gasteiger partial charge < -0.3 is 14.2 Å². The SMILES string of the molecule is C.C.C=CC(C)C.C=Cc1c(C)cccc1C(C)C.C=Cc1c(C)cccc1OC(C)C.C=Cc1cc(C(C)C)ccc1C.C=Cc1cc(OC(C)C)ccc1C.C=Cc1ccc(C(C)C)cc1C.C=Cc1ccc(OC(C)C)cc1C. The zero-order valence-corrected chi connectivity index (χ0v) is 53.6. The highest BCUT2D eigenvalue weighted by atomic mass is 16.5. The maximum absolute atomic E-state index is 5.65. The fraction of sp³-hybridized carbons (Fsp3) is 0.367. The topological polar surface area (TPSA) is 27.7 Å². The van der Waals surface area contributed by atoms with Gasteiger partial charge in [0.15, 0.2) is 0 Å². The van der Waals surface area contributed by atoms with E-state index < -0.39 is 0 Å². The van der Waals surface area contributed by atoms with Crippen LogP contribution in [0, 0.1) is 47.5 Å². The van der Waals surface area contributed by atoms with Gasteiger partial charge in [-0.05, 0) is 215 Å². The van der Waals surface area contributed by atoms with Crippen LogP contribution in [0.3, 0.4) is 0 Å². The Balaban J connectivity index is -0.000000894. The second-order valence-corrected chi connectivity index (χ2v) is 22.0. The van der Waals surface area contributed by atoms with Gasteiger partial charge in [0.2, 0.25) is 0 Å². The second-order valence-electron chi connectivity index (χ2n) is 22.0. The molecule has 0 spiro atoms. The Kier molecular flexibility index (Phi) is 41.2. The Morgan fingerprint density at radius 3 is 1.10 bits per heavy atom. The first-order chi connectivity index (χ1) is 37.6. The Hall–Kier alpha value is -7.10. The fourth-order valence-corrected chi connectivity index (χ4v) is 7.69. The predicted octanol–water partition coefficient (Wildman–Crippen LogP) is 24.7. The Bertz CT molecular complexity index is 2820. The van der Waals surface area contributed by atoms with Gasteiger partial charge in [0.1, 0.15) is 17.2 Å². The molecule has 82 heavy (non-hydrogen) atoms. The lowest BCUT2D eigenvalue weighted by Gasteiger charge is -2.13. The third kappa shape index (κ3) is 30.6. The molecule has 6 aromatic carbocycles. The van der Waals surface area contributed by atoms with Crippen LogP contribution in [-0.2, 0) is 0 Å². The maximum atomic E-state index is 5.65. The van der Waals surface area contributed by atoms with Gasteiger partial charge in [-0.15, -0.1) is 6.58 Å². The summed E-state index contributed by atoms with van der Waals surface area (Å²) < 4.78 is 16.8. The molecule has 0 fully saturated rings. The molecule has 0 N–H and O–H groups in total. The number of benzene rings is 6. The molecule has 0 amide bonds. The van der Waals surface area contributed by atoms with Crippen LogP contribution in [0.1, 0.15) is 213 Å². The van der Waals surface area contributed by atoms with Crippen molar-refractivity contribution in [2.75, 3.05) is 0 Å². The fourth-order valence-electron chi connectivity index (χ4n) is 7.69. The molecule has 3 nitrogen and oxygen atoms in total. The summed E-state index contributed by atoms with van der Waals surface area (Å²) in [6.45, 7) is 68.4. The summed E-state index contributed by atoms with van der Waals surface area (Å²) in [7, 11) is 0. The van der Waals surface area contributed by atoms with Gasteiger partial charge >= 0.3 is 0 Å². The third-order valence-corrected chi connectivity index (χ3v) is 12.6. The van der Waals surface area contributed by atoms with Crippen LogP contribution < -0.4 is 14.2 Å². The minimum atomic E-state index is 0. The van der Waals surface area contributed by atoms with Crippen LogP contribution >= 0.6 is 0 Å².